The molecule has 0 unspecified atom stereocenters. The molecule has 0 N–H and O–H groups in total. The highest BCUT2D eigenvalue weighted by atomic mass is 32.1. The average molecular weight is 630 g/mol. The highest BCUT2D eigenvalue weighted by molar-refractivity contribution is 7.26. The van der Waals surface area contributed by atoms with Crippen LogP contribution in [0, 0.1) is 0 Å². The van der Waals surface area contributed by atoms with Gasteiger partial charge in [-0.25, -0.2) is 0 Å². The minimum atomic E-state index is 1.11. The predicted molar refractivity (Wildman–Crippen MR) is 208 cm³/mol. The van der Waals surface area contributed by atoms with Gasteiger partial charge in [0.1, 0.15) is 0 Å². The van der Waals surface area contributed by atoms with Gasteiger partial charge in [-0.2, -0.15) is 0 Å². The maximum atomic E-state index is 2.52. The van der Waals surface area contributed by atoms with Crippen LogP contribution >= 0.6 is 11.3 Å². The summed E-state index contributed by atoms with van der Waals surface area (Å²) in [6, 6.07) is 68.1. The molecule has 1 aromatic heterocycles. The van der Waals surface area contributed by atoms with Crippen molar-refractivity contribution in [1.82, 2.24) is 0 Å². The van der Waals surface area contributed by atoms with Gasteiger partial charge in [0.05, 0.1) is 11.4 Å². The van der Waals surface area contributed by atoms with Gasteiger partial charge in [0, 0.05) is 42.4 Å². The molecule has 0 aliphatic heterocycles. The molecule has 48 heavy (non-hydrogen) atoms. The quantitative estimate of drug-likeness (QED) is 0.177. The maximum Gasteiger partial charge on any atom is 0.0639 e. The molecule has 0 fully saturated rings. The minimum Gasteiger partial charge on any atom is -0.309 e. The van der Waals surface area contributed by atoms with Crippen LogP contribution in [0.2, 0.25) is 0 Å². The standard InChI is InChI=1S/C46H31NS/c1-4-16-32(17-5-1)33-28-30-36(31-29-33)47(41-26-14-12-22-37(41)34-18-6-2-7-19-34)45-43(35-20-8-3-9-21-35)38-23-10-11-24-39(38)46-44(45)40-25-13-15-27-42(40)48-46/h1-31H. The van der Waals surface area contributed by atoms with Crippen LogP contribution < -0.4 is 4.90 Å². The van der Waals surface area contributed by atoms with Crippen LogP contribution in [-0.4, -0.2) is 0 Å². The van der Waals surface area contributed by atoms with Gasteiger partial charge in [0.2, 0.25) is 0 Å². The number of hydrogen-bond donors (Lipinski definition) is 0. The van der Waals surface area contributed by atoms with Crippen molar-refractivity contribution in [3.05, 3.63) is 188 Å². The zero-order chi connectivity index (χ0) is 31.9. The van der Waals surface area contributed by atoms with Gasteiger partial charge in [-0.15, -0.1) is 11.3 Å². The Morgan fingerprint density at radius 3 is 1.60 bits per heavy atom. The zero-order valence-corrected chi connectivity index (χ0v) is 27.1. The molecule has 0 radical (unpaired) electrons. The van der Waals surface area contributed by atoms with Gasteiger partial charge in [-0.05, 0) is 51.9 Å². The maximum absolute atomic E-state index is 2.52. The summed E-state index contributed by atoms with van der Waals surface area (Å²) in [6.45, 7) is 0. The van der Waals surface area contributed by atoms with Crippen molar-refractivity contribution in [2.24, 2.45) is 0 Å². The number of rotatable bonds is 6. The Labute approximate surface area is 284 Å². The second kappa shape index (κ2) is 12.0. The molecule has 0 saturated heterocycles. The van der Waals surface area contributed by atoms with Crippen LogP contribution in [0.5, 0.6) is 0 Å². The largest absolute Gasteiger partial charge is 0.309 e. The summed E-state index contributed by atoms with van der Waals surface area (Å²) in [6.07, 6.45) is 0. The number of nitrogens with zero attached hydrogens (tertiary/aromatic N) is 1. The first-order chi connectivity index (χ1) is 23.8. The van der Waals surface area contributed by atoms with Crippen molar-refractivity contribution >= 4 is 59.3 Å². The average Bonchev–Trinajstić information content (AvgIpc) is 3.56. The third-order valence-corrected chi connectivity index (χ3v) is 10.5. The Morgan fingerprint density at radius 1 is 0.375 bits per heavy atom. The SMILES string of the molecule is c1ccc(-c2ccc(N(c3ccccc3-c3ccccc3)c3c(-c4ccccc4)c4ccccc4c4sc5ccccc5c34)cc2)cc1. The van der Waals surface area contributed by atoms with E-state index in [0.29, 0.717) is 0 Å². The molecule has 0 bridgehead atoms. The monoisotopic (exact) mass is 629 g/mol. The number of fused-ring (bicyclic) bond motifs is 5. The summed E-state index contributed by atoms with van der Waals surface area (Å²) in [7, 11) is 0. The summed E-state index contributed by atoms with van der Waals surface area (Å²) in [5, 5.41) is 5.09. The Hall–Kier alpha value is -5.96. The molecule has 0 spiro atoms. The Bertz CT molecular complexity index is 2530. The molecule has 1 nitrogen and oxygen atoms in total. The third-order valence-electron chi connectivity index (χ3n) is 9.26. The molecule has 8 aromatic carbocycles. The van der Waals surface area contributed by atoms with Crippen molar-refractivity contribution in [2.75, 3.05) is 4.90 Å². The lowest BCUT2D eigenvalue weighted by Crippen LogP contribution is -2.13. The molecule has 0 saturated carbocycles. The van der Waals surface area contributed by atoms with Crippen LogP contribution in [0.1, 0.15) is 0 Å². The third kappa shape index (κ3) is 4.78. The Balaban J connectivity index is 1.45. The lowest BCUT2D eigenvalue weighted by atomic mass is 9.91. The van der Waals surface area contributed by atoms with E-state index in [1.165, 1.54) is 70.0 Å². The summed E-state index contributed by atoms with van der Waals surface area (Å²) in [5.74, 6) is 0. The number of para-hydroxylation sites is 1. The van der Waals surface area contributed by atoms with E-state index in [1.54, 1.807) is 0 Å². The Kier molecular flexibility index (Phi) is 7.07. The molecule has 1 heterocycles. The topological polar surface area (TPSA) is 3.24 Å². The van der Waals surface area contributed by atoms with Crippen LogP contribution in [0.25, 0.3) is 64.3 Å². The second-order valence-corrected chi connectivity index (χ2v) is 13.1. The molecular weight excluding hydrogens is 599 g/mol. The summed E-state index contributed by atoms with van der Waals surface area (Å²) in [5.41, 5.74) is 10.7. The molecular formula is C46H31NS. The van der Waals surface area contributed by atoms with Crippen LogP contribution in [0.3, 0.4) is 0 Å². The molecule has 0 amide bonds. The minimum absolute atomic E-state index is 1.11. The van der Waals surface area contributed by atoms with Gasteiger partial charge in [0.15, 0.2) is 0 Å². The number of benzene rings is 8. The normalized spacial score (nSPS) is 11.3. The fourth-order valence-corrected chi connectivity index (χ4v) is 8.34. The van der Waals surface area contributed by atoms with E-state index in [-0.39, 0.29) is 0 Å². The highest BCUT2D eigenvalue weighted by Gasteiger charge is 2.27. The van der Waals surface area contributed by atoms with Crippen molar-refractivity contribution in [3.8, 4) is 33.4 Å². The lowest BCUT2D eigenvalue weighted by Gasteiger charge is -2.32. The fraction of sp³-hybridized carbons (Fsp3) is 0. The molecule has 0 aliphatic rings. The van der Waals surface area contributed by atoms with E-state index in [4.69, 9.17) is 0 Å². The Morgan fingerprint density at radius 2 is 0.896 bits per heavy atom. The number of thiophene rings is 1. The van der Waals surface area contributed by atoms with Crippen LogP contribution in [0.15, 0.2) is 188 Å². The molecule has 0 aliphatic carbocycles. The first kappa shape index (κ1) is 28.3. The summed E-state index contributed by atoms with van der Waals surface area (Å²) >= 11 is 1.89. The van der Waals surface area contributed by atoms with E-state index in [1.807, 2.05) is 11.3 Å². The smallest absolute Gasteiger partial charge is 0.0639 e. The van der Waals surface area contributed by atoms with E-state index in [9.17, 15) is 0 Å². The first-order valence-electron chi connectivity index (χ1n) is 16.4. The van der Waals surface area contributed by atoms with Gasteiger partial charge >= 0.3 is 0 Å². The van der Waals surface area contributed by atoms with Crippen LogP contribution in [-0.2, 0) is 0 Å². The van der Waals surface area contributed by atoms with Gasteiger partial charge in [-0.3, -0.25) is 0 Å². The highest BCUT2D eigenvalue weighted by Crippen LogP contribution is 2.54. The summed E-state index contributed by atoms with van der Waals surface area (Å²) < 4.78 is 2.60. The zero-order valence-electron chi connectivity index (χ0n) is 26.3. The lowest BCUT2D eigenvalue weighted by molar-refractivity contribution is 1.30. The molecule has 0 atom stereocenters. The molecule has 9 rings (SSSR count). The van der Waals surface area contributed by atoms with Gasteiger partial charge in [-0.1, -0.05) is 164 Å². The van der Waals surface area contributed by atoms with Crippen molar-refractivity contribution in [3.63, 3.8) is 0 Å². The van der Waals surface area contributed by atoms with E-state index < -0.39 is 0 Å². The van der Waals surface area contributed by atoms with E-state index in [2.05, 4.69) is 193 Å². The second-order valence-electron chi connectivity index (χ2n) is 12.1. The fourth-order valence-electron chi connectivity index (χ4n) is 7.10. The van der Waals surface area contributed by atoms with Crippen molar-refractivity contribution in [1.29, 1.82) is 0 Å². The van der Waals surface area contributed by atoms with Gasteiger partial charge in [0.25, 0.3) is 0 Å². The molecule has 9 aromatic rings. The van der Waals surface area contributed by atoms with Crippen molar-refractivity contribution in [2.45, 2.75) is 0 Å². The number of anilines is 3. The molecule has 2 heteroatoms. The number of hydrogen-bond acceptors (Lipinski definition) is 2. The van der Waals surface area contributed by atoms with Crippen LogP contribution in [0.4, 0.5) is 17.1 Å². The van der Waals surface area contributed by atoms with Crippen molar-refractivity contribution < 1.29 is 0 Å². The predicted octanol–water partition coefficient (Wildman–Crippen LogP) is 13.7. The van der Waals surface area contributed by atoms with E-state index in [0.717, 1.165) is 11.4 Å². The summed E-state index contributed by atoms with van der Waals surface area (Å²) in [4.78, 5) is 2.52. The van der Waals surface area contributed by atoms with Gasteiger partial charge < -0.3 is 4.90 Å². The van der Waals surface area contributed by atoms with E-state index >= 15 is 0 Å². The molecule has 226 valence electrons. The first-order valence-corrected chi connectivity index (χ1v) is 17.2.